The molecule has 4 aromatic carbocycles. The molecule has 2 atom stereocenters. The van der Waals surface area contributed by atoms with Crippen molar-refractivity contribution in [2.24, 2.45) is 11.0 Å². The molecule has 1 amide bonds. The van der Waals surface area contributed by atoms with Gasteiger partial charge in [-0.1, -0.05) is 54.1 Å². The number of methoxy groups -OCH3 is 2. The van der Waals surface area contributed by atoms with Crippen LogP contribution < -0.4 is 14.2 Å². The minimum absolute atomic E-state index is 0.0434. The molecule has 1 N–H and O–H groups in total. The van der Waals surface area contributed by atoms with Gasteiger partial charge >= 0.3 is 0 Å². The van der Waals surface area contributed by atoms with Gasteiger partial charge in [-0.15, -0.1) is 0 Å². The number of rotatable bonds is 8. The highest BCUT2D eigenvalue weighted by Crippen LogP contribution is 2.47. The van der Waals surface area contributed by atoms with Gasteiger partial charge in [0.1, 0.15) is 11.5 Å². The third-order valence-electron chi connectivity index (χ3n) is 8.12. The van der Waals surface area contributed by atoms with Crippen molar-refractivity contribution in [3.8, 4) is 11.5 Å². The Morgan fingerprint density at radius 1 is 0.933 bits per heavy atom. The van der Waals surface area contributed by atoms with Crippen LogP contribution in [0.25, 0.3) is 6.08 Å². The zero-order valence-corrected chi connectivity index (χ0v) is 26.4. The van der Waals surface area contributed by atoms with Crippen molar-refractivity contribution < 1.29 is 22.7 Å². The number of carbonyl (C=O) groups is 1. The first-order valence-corrected chi connectivity index (χ1v) is 16.4. The molecule has 0 spiro atoms. The summed E-state index contributed by atoms with van der Waals surface area (Å²) in [6.07, 6.45) is 4.64. The molecular formula is C35H32ClN3O5S. The van der Waals surface area contributed by atoms with Gasteiger partial charge in [-0.2, -0.15) is 5.10 Å². The number of amides is 1. The predicted molar refractivity (Wildman–Crippen MR) is 176 cm³/mol. The quantitative estimate of drug-likeness (QED) is 0.214. The average Bonchev–Trinajstić information content (AvgIpc) is 3.46. The fraction of sp³-hybridized carbons (Fsp3) is 0.200. The second-order valence-electron chi connectivity index (χ2n) is 10.9. The monoisotopic (exact) mass is 641 g/mol. The third kappa shape index (κ3) is 6.18. The van der Waals surface area contributed by atoms with Gasteiger partial charge in [0, 0.05) is 33.3 Å². The Morgan fingerprint density at radius 2 is 1.64 bits per heavy atom. The number of para-hydroxylation sites is 2. The molecule has 230 valence electrons. The van der Waals surface area contributed by atoms with Crippen LogP contribution in [0.2, 0.25) is 5.02 Å². The Bertz CT molecular complexity index is 1910. The number of sulfonamides is 1. The molecule has 0 saturated heterocycles. The molecule has 8 nitrogen and oxygen atoms in total. The summed E-state index contributed by atoms with van der Waals surface area (Å²) in [7, 11) is -0.740. The molecule has 0 unspecified atom stereocenters. The van der Waals surface area contributed by atoms with Crippen molar-refractivity contribution in [2.75, 3.05) is 18.9 Å². The minimum atomic E-state index is -3.99. The van der Waals surface area contributed by atoms with Crippen LogP contribution >= 0.6 is 11.6 Å². The Morgan fingerprint density at radius 3 is 2.40 bits per heavy atom. The number of allylic oxidation sites excluding steroid dienone is 1. The summed E-state index contributed by atoms with van der Waals surface area (Å²) in [5, 5.41) is 6.97. The summed E-state index contributed by atoms with van der Waals surface area (Å²) >= 11 is 5.95. The lowest BCUT2D eigenvalue weighted by molar-refractivity contribution is 0.0678. The number of nitrogens with one attached hydrogen (secondary N) is 1. The smallest absolute Gasteiger partial charge is 0.274 e. The molecular weight excluding hydrogens is 610 g/mol. The number of hydrogen-bond donors (Lipinski definition) is 1. The zero-order valence-electron chi connectivity index (χ0n) is 24.8. The number of carbonyl (C=O) groups excluding carboxylic acids is 1. The topological polar surface area (TPSA) is 97.3 Å². The van der Waals surface area contributed by atoms with Crippen molar-refractivity contribution in [1.29, 1.82) is 0 Å². The highest BCUT2D eigenvalue weighted by atomic mass is 35.5. The Balaban J connectivity index is 1.40. The van der Waals surface area contributed by atoms with Gasteiger partial charge in [0.25, 0.3) is 15.9 Å². The van der Waals surface area contributed by atoms with Crippen molar-refractivity contribution in [2.45, 2.75) is 30.2 Å². The molecule has 1 fully saturated rings. The van der Waals surface area contributed by atoms with Crippen LogP contribution in [0.5, 0.6) is 11.5 Å². The van der Waals surface area contributed by atoms with Crippen LogP contribution in [0, 0.1) is 5.92 Å². The zero-order chi connectivity index (χ0) is 31.6. The summed E-state index contributed by atoms with van der Waals surface area (Å²) in [5.41, 5.74) is 4.20. The summed E-state index contributed by atoms with van der Waals surface area (Å²) in [6, 6.07) is 27.3. The number of hydrazone groups is 1. The Hall–Kier alpha value is -4.60. The van der Waals surface area contributed by atoms with Crippen molar-refractivity contribution in [3.63, 3.8) is 0 Å². The van der Waals surface area contributed by atoms with E-state index in [4.69, 9.17) is 26.2 Å². The number of ether oxygens (including phenoxy) is 2. The van der Waals surface area contributed by atoms with E-state index in [0.717, 1.165) is 47.4 Å². The fourth-order valence-corrected chi connectivity index (χ4v) is 7.25. The standard InChI is InChI=1S/C35H32ClN3O5S/c1-43-31-15-5-3-9-23(31)21-24-10-8-14-30-33(24)37-39(34(30)29-13-4-6-16-32(29)44-2)35(40)25-11-7-12-28(22-25)45(41,42)38-27-19-17-26(36)18-20-27/h3-7,9,11-13,15-22,30,34,38H,8,10,14H2,1-2H3/b24-21+/t30-,34+/m0/s1. The SMILES string of the molecule is COc1ccccc1/C=C1\CCC[C@H]2C1=NN(C(=O)c1cccc(S(=O)(=O)Nc3ccc(Cl)cc3)c1)[C@@H]2c1ccccc1OC. The number of halogens is 1. The Kier molecular flexibility index (Phi) is 8.65. The van der Waals surface area contributed by atoms with Crippen molar-refractivity contribution >= 4 is 45.0 Å². The maximum atomic E-state index is 14.3. The van der Waals surface area contributed by atoms with E-state index in [0.29, 0.717) is 16.5 Å². The van der Waals surface area contributed by atoms with Gasteiger partial charge in [0.05, 0.1) is 30.9 Å². The molecule has 0 bridgehead atoms. The molecule has 1 aliphatic carbocycles. The van der Waals surface area contributed by atoms with E-state index in [9.17, 15) is 13.2 Å². The molecule has 1 heterocycles. The molecule has 10 heteroatoms. The lowest BCUT2D eigenvalue weighted by Crippen LogP contribution is -2.32. The first kappa shape index (κ1) is 30.4. The number of nitrogens with zero attached hydrogens (tertiary/aromatic N) is 2. The number of benzene rings is 4. The highest BCUT2D eigenvalue weighted by molar-refractivity contribution is 7.92. The summed E-state index contributed by atoms with van der Waals surface area (Å²) in [4.78, 5) is 14.3. The van der Waals surface area contributed by atoms with E-state index < -0.39 is 22.0 Å². The van der Waals surface area contributed by atoms with E-state index in [2.05, 4.69) is 10.8 Å². The van der Waals surface area contributed by atoms with Gasteiger partial charge in [0.2, 0.25) is 0 Å². The molecule has 1 saturated carbocycles. The van der Waals surface area contributed by atoms with Crippen LogP contribution in [0.15, 0.2) is 113 Å². The van der Waals surface area contributed by atoms with Crippen LogP contribution in [-0.2, 0) is 10.0 Å². The maximum absolute atomic E-state index is 14.3. The second kappa shape index (κ2) is 12.8. The Labute approximate surface area is 268 Å². The third-order valence-corrected chi connectivity index (χ3v) is 9.75. The first-order chi connectivity index (χ1) is 21.8. The van der Waals surface area contributed by atoms with E-state index >= 15 is 0 Å². The maximum Gasteiger partial charge on any atom is 0.274 e. The highest BCUT2D eigenvalue weighted by Gasteiger charge is 2.45. The van der Waals surface area contributed by atoms with E-state index in [1.165, 1.54) is 17.1 Å². The van der Waals surface area contributed by atoms with Gasteiger partial charge in [-0.05, 0) is 85.5 Å². The van der Waals surface area contributed by atoms with E-state index in [-0.39, 0.29) is 16.4 Å². The van der Waals surface area contributed by atoms with Crippen LogP contribution in [0.4, 0.5) is 5.69 Å². The van der Waals surface area contributed by atoms with E-state index in [1.54, 1.807) is 50.6 Å². The summed E-state index contributed by atoms with van der Waals surface area (Å²) in [6.45, 7) is 0. The predicted octanol–water partition coefficient (Wildman–Crippen LogP) is 7.59. The number of fused-ring (bicyclic) bond motifs is 1. The second-order valence-corrected chi connectivity index (χ2v) is 13.0. The van der Waals surface area contributed by atoms with Crippen LogP contribution in [0.1, 0.15) is 46.8 Å². The lowest BCUT2D eigenvalue weighted by atomic mass is 9.77. The molecule has 2 aliphatic rings. The van der Waals surface area contributed by atoms with Gasteiger partial charge < -0.3 is 9.47 Å². The van der Waals surface area contributed by atoms with Crippen molar-refractivity contribution in [1.82, 2.24) is 5.01 Å². The fourth-order valence-electron chi connectivity index (χ4n) is 6.02. The van der Waals surface area contributed by atoms with Crippen molar-refractivity contribution in [3.05, 3.63) is 124 Å². The van der Waals surface area contributed by atoms with E-state index in [1.807, 2.05) is 48.5 Å². The summed E-state index contributed by atoms with van der Waals surface area (Å²) in [5.74, 6) is 0.915. The molecule has 4 aromatic rings. The normalized spacial score (nSPS) is 18.7. The molecule has 6 rings (SSSR count). The number of hydrogen-bond acceptors (Lipinski definition) is 6. The number of anilines is 1. The van der Waals surface area contributed by atoms with Gasteiger partial charge in [0.15, 0.2) is 0 Å². The lowest BCUT2D eigenvalue weighted by Gasteiger charge is -2.30. The summed E-state index contributed by atoms with van der Waals surface area (Å²) < 4.78 is 40.5. The molecule has 1 aliphatic heterocycles. The van der Waals surface area contributed by atoms with Gasteiger partial charge in [-0.25, -0.2) is 13.4 Å². The van der Waals surface area contributed by atoms with Crippen LogP contribution in [-0.4, -0.2) is 39.3 Å². The molecule has 45 heavy (non-hydrogen) atoms. The average molecular weight is 642 g/mol. The molecule has 0 aromatic heterocycles. The molecule has 0 radical (unpaired) electrons. The largest absolute Gasteiger partial charge is 0.496 e. The minimum Gasteiger partial charge on any atom is -0.496 e. The first-order valence-electron chi connectivity index (χ1n) is 14.6. The van der Waals surface area contributed by atoms with Gasteiger partial charge in [-0.3, -0.25) is 9.52 Å². The van der Waals surface area contributed by atoms with Crippen LogP contribution in [0.3, 0.4) is 0 Å².